The molecule has 22 heavy (non-hydrogen) atoms. The molecule has 1 aliphatic heterocycles. The van der Waals surface area contributed by atoms with Gasteiger partial charge in [0.25, 0.3) is 5.56 Å². The van der Waals surface area contributed by atoms with Crippen LogP contribution in [0, 0.1) is 0 Å². The molecule has 3 heterocycles. The average molecular weight is 323 g/mol. The molecule has 0 unspecified atom stereocenters. The van der Waals surface area contributed by atoms with Crippen molar-refractivity contribution in [2.45, 2.75) is 48.0 Å². The lowest BCUT2D eigenvalue weighted by Gasteiger charge is -2.30. The maximum Gasteiger partial charge on any atom is 0.280 e. The molecular weight excluding hydrogens is 306 g/mol. The van der Waals surface area contributed by atoms with Crippen LogP contribution in [0.25, 0.3) is 11.2 Å². The van der Waals surface area contributed by atoms with Gasteiger partial charge in [-0.1, -0.05) is 0 Å². The van der Waals surface area contributed by atoms with E-state index in [0.717, 1.165) is 12.8 Å². The van der Waals surface area contributed by atoms with Gasteiger partial charge in [0.1, 0.15) is 0 Å². The van der Waals surface area contributed by atoms with Crippen LogP contribution >= 0.6 is 11.8 Å². The van der Waals surface area contributed by atoms with Gasteiger partial charge in [0, 0.05) is 6.42 Å². The van der Waals surface area contributed by atoms with Gasteiger partial charge in [-0.25, -0.2) is 4.98 Å². The fourth-order valence-electron chi connectivity index (χ4n) is 3.60. The molecule has 5 N–H and O–H groups in total. The van der Waals surface area contributed by atoms with Crippen LogP contribution in [-0.2, 0) is 0 Å². The number of imidazole rings is 1. The number of nitrogens with zero attached hydrogens (tertiary/aromatic N) is 3. The maximum atomic E-state index is 11.8. The Labute approximate surface area is 129 Å². The first-order valence-electron chi connectivity index (χ1n) is 7.27. The van der Waals surface area contributed by atoms with E-state index in [0.29, 0.717) is 18.5 Å². The number of hydrogen-bond donors (Lipinski definition) is 4. The molecule has 2 aromatic rings. The molecule has 2 fully saturated rings. The van der Waals surface area contributed by atoms with Crippen LogP contribution in [0.2, 0.25) is 0 Å². The van der Waals surface area contributed by atoms with Gasteiger partial charge in [-0.15, -0.1) is 11.8 Å². The van der Waals surface area contributed by atoms with Crippen LogP contribution in [-0.4, -0.2) is 46.7 Å². The van der Waals surface area contributed by atoms with Crippen LogP contribution in [0.15, 0.2) is 11.1 Å². The number of rotatable bonds is 1. The molecule has 1 aliphatic carbocycles. The fraction of sp³-hybridized carbons (Fsp3) is 0.615. The molecule has 2 aliphatic rings. The molecule has 1 spiro atoms. The number of nitrogen functional groups attached to an aromatic ring is 1. The van der Waals surface area contributed by atoms with E-state index in [1.165, 1.54) is 0 Å². The highest BCUT2D eigenvalue weighted by molar-refractivity contribution is 8.01. The number of fused-ring (bicyclic) bond motifs is 1. The normalized spacial score (nSPS) is 34.9. The highest BCUT2D eigenvalue weighted by Crippen LogP contribution is 2.57. The van der Waals surface area contributed by atoms with Gasteiger partial charge in [-0.05, 0) is 19.3 Å². The molecule has 1 saturated heterocycles. The topological polar surface area (TPSA) is 130 Å². The number of H-pyrrole nitrogens is 1. The summed E-state index contributed by atoms with van der Waals surface area (Å²) in [4.78, 5) is 22.5. The van der Waals surface area contributed by atoms with E-state index in [1.807, 2.05) is 0 Å². The standard InChI is InChI=1S/C13H17N5O3S/c14-12-16-10-9(11(21)17-12)15-5-18(10)8-4-7(20)13(22-8)3-1-2-6(13)19/h5-8,19-20H,1-4H2,(H3,14,16,17,21)/t6-,7+,8-,13+/m1/s1. The highest BCUT2D eigenvalue weighted by atomic mass is 32.2. The van der Waals surface area contributed by atoms with Crippen molar-refractivity contribution in [3.8, 4) is 0 Å². The molecule has 0 amide bonds. The second-order valence-electron chi connectivity index (χ2n) is 5.96. The smallest absolute Gasteiger partial charge is 0.280 e. The third-order valence-corrected chi connectivity index (χ3v) is 6.59. The monoisotopic (exact) mass is 323 g/mol. The lowest BCUT2D eigenvalue weighted by Crippen LogP contribution is -2.41. The number of aliphatic hydroxyl groups is 2. The van der Waals surface area contributed by atoms with Crippen molar-refractivity contribution < 1.29 is 10.2 Å². The molecule has 0 aromatic carbocycles. The van der Waals surface area contributed by atoms with Crippen molar-refractivity contribution in [1.82, 2.24) is 19.5 Å². The first-order chi connectivity index (χ1) is 10.5. The Bertz CT molecular complexity index is 790. The first kappa shape index (κ1) is 14.0. The van der Waals surface area contributed by atoms with E-state index in [9.17, 15) is 15.0 Å². The molecule has 8 nitrogen and oxygen atoms in total. The second-order valence-corrected chi connectivity index (χ2v) is 7.50. The average Bonchev–Trinajstić information content (AvgIpc) is 3.11. The van der Waals surface area contributed by atoms with Crippen LogP contribution in [0.1, 0.15) is 31.1 Å². The van der Waals surface area contributed by atoms with Crippen molar-refractivity contribution in [2.75, 3.05) is 5.73 Å². The summed E-state index contributed by atoms with van der Waals surface area (Å²) in [6.45, 7) is 0. The minimum Gasteiger partial charge on any atom is -0.392 e. The third kappa shape index (κ3) is 1.82. The Morgan fingerprint density at radius 2 is 2.27 bits per heavy atom. The molecule has 2 aromatic heterocycles. The van der Waals surface area contributed by atoms with Crippen molar-refractivity contribution in [3.63, 3.8) is 0 Å². The number of aromatic amines is 1. The Hall–Kier alpha value is -1.58. The molecule has 118 valence electrons. The number of nitrogens with two attached hydrogens (primary N) is 1. The van der Waals surface area contributed by atoms with E-state index in [4.69, 9.17) is 5.73 Å². The minimum atomic E-state index is -0.586. The second kappa shape index (κ2) is 4.71. The summed E-state index contributed by atoms with van der Waals surface area (Å²) in [6.07, 6.45) is 3.36. The number of nitrogens with one attached hydrogen (secondary N) is 1. The largest absolute Gasteiger partial charge is 0.392 e. The summed E-state index contributed by atoms with van der Waals surface area (Å²) < 4.78 is 1.25. The van der Waals surface area contributed by atoms with Gasteiger partial charge in [0.2, 0.25) is 5.95 Å². The Kier molecular flexibility index (Phi) is 3.00. The summed E-state index contributed by atoms with van der Waals surface area (Å²) in [5, 5.41) is 20.6. The number of aliphatic hydroxyl groups excluding tert-OH is 2. The lowest BCUT2D eigenvalue weighted by molar-refractivity contribution is 0.0560. The van der Waals surface area contributed by atoms with Gasteiger partial charge in [-0.3, -0.25) is 9.78 Å². The molecule has 0 bridgehead atoms. The van der Waals surface area contributed by atoms with E-state index >= 15 is 0 Å². The molecule has 4 rings (SSSR count). The number of hydrogen-bond acceptors (Lipinski definition) is 7. The lowest BCUT2D eigenvalue weighted by atomic mass is 9.95. The summed E-state index contributed by atoms with van der Waals surface area (Å²) in [7, 11) is 0. The van der Waals surface area contributed by atoms with Crippen LogP contribution < -0.4 is 11.3 Å². The summed E-state index contributed by atoms with van der Waals surface area (Å²) in [6, 6.07) is 0. The van der Waals surface area contributed by atoms with E-state index in [1.54, 1.807) is 22.7 Å². The zero-order chi connectivity index (χ0) is 15.5. The molecule has 4 atom stereocenters. The van der Waals surface area contributed by atoms with Gasteiger partial charge in [0.05, 0.1) is 28.7 Å². The molecule has 0 radical (unpaired) electrons. The molecule has 9 heteroatoms. The van der Waals surface area contributed by atoms with Gasteiger partial charge in [0.15, 0.2) is 11.2 Å². The van der Waals surface area contributed by atoms with E-state index in [-0.39, 0.29) is 22.4 Å². The molecule has 1 saturated carbocycles. The Morgan fingerprint density at radius 3 is 3.00 bits per heavy atom. The highest BCUT2D eigenvalue weighted by Gasteiger charge is 2.55. The summed E-state index contributed by atoms with van der Waals surface area (Å²) >= 11 is 1.55. The summed E-state index contributed by atoms with van der Waals surface area (Å²) in [5.41, 5.74) is 5.88. The number of anilines is 1. The minimum absolute atomic E-state index is 0.0402. The maximum absolute atomic E-state index is 11.8. The zero-order valence-electron chi connectivity index (χ0n) is 11.8. The van der Waals surface area contributed by atoms with Crippen molar-refractivity contribution in [1.29, 1.82) is 0 Å². The summed E-state index contributed by atoms with van der Waals surface area (Å²) in [5.74, 6) is 0.0402. The van der Waals surface area contributed by atoms with Crippen molar-refractivity contribution in [2.24, 2.45) is 0 Å². The third-order valence-electron chi connectivity index (χ3n) is 4.71. The number of aromatic nitrogens is 4. The first-order valence-corrected chi connectivity index (χ1v) is 8.15. The Morgan fingerprint density at radius 1 is 1.45 bits per heavy atom. The quantitative estimate of drug-likeness (QED) is 0.580. The predicted molar refractivity (Wildman–Crippen MR) is 82.4 cm³/mol. The van der Waals surface area contributed by atoms with Crippen LogP contribution in [0.3, 0.4) is 0 Å². The number of thioether (sulfide) groups is 1. The van der Waals surface area contributed by atoms with Crippen molar-refractivity contribution >= 4 is 28.9 Å². The van der Waals surface area contributed by atoms with Gasteiger partial charge in [-0.2, -0.15) is 4.98 Å². The van der Waals surface area contributed by atoms with Crippen LogP contribution in [0.4, 0.5) is 5.95 Å². The van der Waals surface area contributed by atoms with E-state index in [2.05, 4.69) is 15.0 Å². The zero-order valence-corrected chi connectivity index (χ0v) is 12.6. The van der Waals surface area contributed by atoms with Crippen molar-refractivity contribution in [3.05, 3.63) is 16.7 Å². The van der Waals surface area contributed by atoms with E-state index < -0.39 is 17.0 Å². The molecular formula is C13H17N5O3S. The van der Waals surface area contributed by atoms with Gasteiger partial charge < -0.3 is 20.5 Å². The van der Waals surface area contributed by atoms with Gasteiger partial charge >= 0.3 is 0 Å². The van der Waals surface area contributed by atoms with Crippen LogP contribution in [0.5, 0.6) is 0 Å². The fourth-order valence-corrected chi connectivity index (χ4v) is 5.45. The Balaban J connectivity index is 1.76. The SMILES string of the molecule is Nc1nc2c(ncn2[C@H]2C[C@H](O)[C@@]3(CCC[C@H]3O)S2)c(=O)[nH]1. The predicted octanol–water partition coefficient (Wildman–Crippen LogP) is -0.0182.